The first kappa shape index (κ1) is 16.6. The lowest BCUT2D eigenvalue weighted by molar-refractivity contribution is -0.137. The molecule has 0 unspecified atom stereocenters. The van der Waals surface area contributed by atoms with E-state index in [9.17, 15) is 4.79 Å². The zero-order valence-corrected chi connectivity index (χ0v) is 13.9. The minimum Gasteiger partial charge on any atom is -0.481 e. The third-order valence-corrected chi connectivity index (χ3v) is 4.38. The van der Waals surface area contributed by atoms with E-state index >= 15 is 0 Å². The van der Waals surface area contributed by atoms with Crippen molar-refractivity contribution < 1.29 is 9.90 Å². The fraction of sp³-hybridized carbons (Fsp3) is 0.412. The highest BCUT2D eigenvalue weighted by atomic mass is 32.1. The number of rotatable bonds is 8. The lowest BCUT2D eigenvalue weighted by atomic mass is 10.0. The largest absolute Gasteiger partial charge is 0.481 e. The van der Waals surface area contributed by atoms with E-state index in [4.69, 9.17) is 10.1 Å². The Balaban J connectivity index is 1.83. The lowest BCUT2D eigenvalue weighted by Crippen LogP contribution is -2.19. The van der Waals surface area contributed by atoms with Crippen LogP contribution in [0.5, 0.6) is 0 Å². The summed E-state index contributed by atoms with van der Waals surface area (Å²) in [6.07, 6.45) is 1.77. The lowest BCUT2D eigenvalue weighted by Gasteiger charge is -2.04. The minimum absolute atomic E-state index is 0.223. The molecule has 1 aromatic heterocycles. The first-order valence-electron chi connectivity index (χ1n) is 7.51. The monoisotopic (exact) mass is 318 g/mol. The summed E-state index contributed by atoms with van der Waals surface area (Å²) in [7, 11) is 0. The van der Waals surface area contributed by atoms with Crippen molar-refractivity contribution in [3.8, 4) is 11.3 Å². The van der Waals surface area contributed by atoms with E-state index in [0.717, 1.165) is 30.2 Å². The number of nitrogens with zero attached hydrogens (tertiary/aromatic N) is 1. The van der Waals surface area contributed by atoms with Gasteiger partial charge in [0.1, 0.15) is 0 Å². The first-order valence-corrected chi connectivity index (χ1v) is 8.39. The summed E-state index contributed by atoms with van der Waals surface area (Å²) in [6.45, 7) is 5.78. The molecule has 4 nitrogen and oxygen atoms in total. The molecule has 22 heavy (non-hydrogen) atoms. The number of aliphatic carboxylic acids is 1. The number of nitrogens with one attached hydrogen (secondary N) is 1. The molecule has 0 spiro atoms. The van der Waals surface area contributed by atoms with Crippen molar-refractivity contribution in [2.75, 3.05) is 13.1 Å². The summed E-state index contributed by atoms with van der Waals surface area (Å²) in [6, 6.07) is 6.43. The Labute approximate surface area is 135 Å². The van der Waals surface area contributed by atoms with E-state index in [1.165, 1.54) is 16.7 Å². The molecule has 0 bridgehead atoms. The molecule has 0 radical (unpaired) electrons. The SMILES string of the molecule is Cc1ccc(-c2csc(CCNCCCC(=O)O)n2)c(C)c1. The maximum absolute atomic E-state index is 10.4. The van der Waals surface area contributed by atoms with Crippen molar-refractivity contribution in [1.29, 1.82) is 0 Å². The number of aromatic nitrogens is 1. The second-order valence-electron chi connectivity index (χ2n) is 5.44. The van der Waals surface area contributed by atoms with Crippen molar-refractivity contribution in [3.05, 3.63) is 39.7 Å². The van der Waals surface area contributed by atoms with Crippen LogP contribution in [0.1, 0.15) is 29.0 Å². The Bertz CT molecular complexity index is 637. The molecule has 0 aliphatic heterocycles. The van der Waals surface area contributed by atoms with E-state index in [-0.39, 0.29) is 6.42 Å². The van der Waals surface area contributed by atoms with Crippen molar-refractivity contribution in [1.82, 2.24) is 10.3 Å². The standard InChI is InChI=1S/C17H22N2O2S/c1-12-5-6-14(13(2)10-12)15-11-22-16(19-15)7-9-18-8-3-4-17(20)21/h5-6,10-11,18H,3-4,7-9H2,1-2H3,(H,20,21). The molecule has 0 atom stereocenters. The van der Waals surface area contributed by atoms with Crippen LogP contribution < -0.4 is 5.32 Å². The zero-order valence-electron chi connectivity index (χ0n) is 13.1. The summed E-state index contributed by atoms with van der Waals surface area (Å²) < 4.78 is 0. The van der Waals surface area contributed by atoms with Gasteiger partial charge in [-0.15, -0.1) is 11.3 Å². The van der Waals surface area contributed by atoms with Gasteiger partial charge in [0, 0.05) is 30.3 Å². The summed E-state index contributed by atoms with van der Waals surface area (Å²) >= 11 is 1.68. The van der Waals surface area contributed by atoms with E-state index in [2.05, 4.69) is 42.7 Å². The third kappa shape index (κ3) is 4.93. The van der Waals surface area contributed by atoms with Crippen LogP contribution in [-0.4, -0.2) is 29.1 Å². The van der Waals surface area contributed by atoms with Gasteiger partial charge in [-0.1, -0.05) is 23.8 Å². The number of carbonyl (C=O) groups is 1. The second-order valence-corrected chi connectivity index (χ2v) is 6.38. The molecular weight excluding hydrogens is 296 g/mol. The number of carboxylic acid groups (broad SMARTS) is 1. The van der Waals surface area contributed by atoms with Crippen LogP contribution in [0.2, 0.25) is 0 Å². The Morgan fingerprint density at radius 1 is 1.32 bits per heavy atom. The normalized spacial score (nSPS) is 10.8. The maximum Gasteiger partial charge on any atom is 0.303 e. The number of hydrogen-bond acceptors (Lipinski definition) is 4. The molecule has 0 aliphatic carbocycles. The van der Waals surface area contributed by atoms with Crippen molar-refractivity contribution in [3.63, 3.8) is 0 Å². The van der Waals surface area contributed by atoms with Crippen LogP contribution in [0.25, 0.3) is 11.3 Å². The number of carboxylic acids is 1. The average molecular weight is 318 g/mol. The van der Waals surface area contributed by atoms with E-state index in [1.807, 2.05) is 0 Å². The molecular formula is C17H22N2O2S. The number of aryl methyl sites for hydroxylation is 2. The highest BCUT2D eigenvalue weighted by Gasteiger charge is 2.07. The molecule has 2 N–H and O–H groups in total. The zero-order chi connectivity index (χ0) is 15.9. The molecule has 0 aliphatic rings. The average Bonchev–Trinajstić information content (AvgIpc) is 2.91. The van der Waals surface area contributed by atoms with Gasteiger partial charge in [0.15, 0.2) is 0 Å². The minimum atomic E-state index is -0.736. The summed E-state index contributed by atoms with van der Waals surface area (Å²) in [5.74, 6) is -0.736. The van der Waals surface area contributed by atoms with Gasteiger partial charge in [-0.25, -0.2) is 4.98 Å². The van der Waals surface area contributed by atoms with Crippen molar-refractivity contribution >= 4 is 17.3 Å². The molecule has 118 valence electrons. The molecule has 2 aromatic rings. The second kappa shape index (κ2) is 8.06. The van der Waals surface area contributed by atoms with Crippen LogP contribution in [0.3, 0.4) is 0 Å². The predicted molar refractivity (Wildman–Crippen MR) is 90.5 cm³/mol. The first-order chi connectivity index (χ1) is 10.6. The highest BCUT2D eigenvalue weighted by molar-refractivity contribution is 7.09. The van der Waals surface area contributed by atoms with Gasteiger partial charge in [-0.05, 0) is 32.4 Å². The smallest absolute Gasteiger partial charge is 0.303 e. The molecule has 0 amide bonds. The van der Waals surface area contributed by atoms with Gasteiger partial charge in [0.2, 0.25) is 0 Å². The van der Waals surface area contributed by atoms with Crippen LogP contribution in [0.15, 0.2) is 23.6 Å². The summed E-state index contributed by atoms with van der Waals surface area (Å²) in [5, 5.41) is 15.0. The van der Waals surface area contributed by atoms with Gasteiger partial charge in [0.05, 0.1) is 10.7 Å². The molecule has 0 saturated heterocycles. The molecule has 0 saturated carbocycles. The highest BCUT2D eigenvalue weighted by Crippen LogP contribution is 2.25. The van der Waals surface area contributed by atoms with Gasteiger partial charge in [-0.3, -0.25) is 4.79 Å². The summed E-state index contributed by atoms with van der Waals surface area (Å²) in [4.78, 5) is 15.1. The predicted octanol–water partition coefficient (Wildman–Crippen LogP) is 3.42. The number of thiazole rings is 1. The molecule has 1 heterocycles. The Kier molecular flexibility index (Phi) is 6.10. The van der Waals surface area contributed by atoms with Crippen molar-refractivity contribution in [2.24, 2.45) is 0 Å². The Morgan fingerprint density at radius 3 is 2.86 bits per heavy atom. The Hall–Kier alpha value is -1.72. The topological polar surface area (TPSA) is 62.2 Å². The van der Waals surface area contributed by atoms with E-state index in [1.54, 1.807) is 11.3 Å². The van der Waals surface area contributed by atoms with E-state index < -0.39 is 5.97 Å². The summed E-state index contributed by atoms with van der Waals surface area (Å²) in [5.41, 5.74) is 4.76. The quantitative estimate of drug-likeness (QED) is 0.732. The van der Waals surface area contributed by atoms with Crippen LogP contribution >= 0.6 is 11.3 Å². The maximum atomic E-state index is 10.4. The molecule has 1 aromatic carbocycles. The van der Waals surface area contributed by atoms with Gasteiger partial charge >= 0.3 is 5.97 Å². The van der Waals surface area contributed by atoms with Gasteiger partial charge in [0.25, 0.3) is 0 Å². The fourth-order valence-corrected chi connectivity index (χ4v) is 3.13. The van der Waals surface area contributed by atoms with Crippen LogP contribution in [-0.2, 0) is 11.2 Å². The molecule has 5 heteroatoms. The van der Waals surface area contributed by atoms with E-state index in [0.29, 0.717) is 6.42 Å². The number of benzene rings is 1. The van der Waals surface area contributed by atoms with Crippen LogP contribution in [0, 0.1) is 13.8 Å². The fourth-order valence-electron chi connectivity index (χ4n) is 2.34. The Morgan fingerprint density at radius 2 is 2.14 bits per heavy atom. The van der Waals surface area contributed by atoms with Crippen LogP contribution in [0.4, 0.5) is 0 Å². The van der Waals surface area contributed by atoms with Gasteiger partial charge in [-0.2, -0.15) is 0 Å². The number of hydrogen-bond donors (Lipinski definition) is 2. The molecule has 2 rings (SSSR count). The van der Waals surface area contributed by atoms with Crippen molar-refractivity contribution in [2.45, 2.75) is 33.1 Å². The third-order valence-electron chi connectivity index (χ3n) is 3.47. The molecule has 0 fully saturated rings. The van der Waals surface area contributed by atoms with Gasteiger partial charge < -0.3 is 10.4 Å².